The maximum Gasteiger partial charge on any atom is 0.336 e. The summed E-state index contributed by atoms with van der Waals surface area (Å²) in [5.41, 5.74) is 7.95. The van der Waals surface area contributed by atoms with Gasteiger partial charge in [0.15, 0.2) is 0 Å². The first-order chi connectivity index (χ1) is 18.8. The van der Waals surface area contributed by atoms with Crippen LogP contribution in [0.5, 0.6) is 5.75 Å². The molecule has 0 aliphatic rings. The molecule has 0 saturated heterocycles. The van der Waals surface area contributed by atoms with E-state index in [1.807, 2.05) is 66.7 Å². The molecule has 196 valence electrons. The number of aromatic carboxylic acids is 1. The van der Waals surface area contributed by atoms with Crippen molar-refractivity contribution in [3.05, 3.63) is 125 Å². The molecule has 0 unspecified atom stereocenters. The van der Waals surface area contributed by atoms with Crippen LogP contribution in [0.15, 0.2) is 91.0 Å². The molecular formula is C33H30N2O4. The van der Waals surface area contributed by atoms with Crippen molar-refractivity contribution in [2.75, 3.05) is 6.54 Å². The van der Waals surface area contributed by atoms with E-state index in [1.165, 1.54) is 0 Å². The van der Waals surface area contributed by atoms with E-state index in [1.54, 1.807) is 24.3 Å². The predicted octanol–water partition coefficient (Wildman–Crippen LogP) is 6.35. The molecule has 0 aliphatic carbocycles. The number of carbonyl (C=O) groups is 2. The molecule has 0 bridgehead atoms. The summed E-state index contributed by atoms with van der Waals surface area (Å²) in [5, 5.41) is 23.0. The Labute approximate surface area is 227 Å². The zero-order valence-corrected chi connectivity index (χ0v) is 21.9. The topological polar surface area (TPSA) is 91.6 Å². The largest absolute Gasteiger partial charge is 0.508 e. The van der Waals surface area contributed by atoms with Crippen LogP contribution in [0, 0.1) is 13.8 Å². The van der Waals surface area contributed by atoms with Gasteiger partial charge in [0.25, 0.3) is 5.91 Å². The van der Waals surface area contributed by atoms with Gasteiger partial charge in [0.2, 0.25) is 0 Å². The number of aromatic hydroxyl groups is 1. The summed E-state index contributed by atoms with van der Waals surface area (Å²) in [6, 6.07) is 27.8. The minimum absolute atomic E-state index is 0.113. The number of amides is 1. The van der Waals surface area contributed by atoms with E-state index in [-0.39, 0.29) is 17.2 Å². The first-order valence-electron chi connectivity index (χ1n) is 12.9. The van der Waals surface area contributed by atoms with E-state index in [2.05, 4.69) is 23.7 Å². The maximum absolute atomic E-state index is 12.8. The lowest BCUT2D eigenvalue weighted by atomic mass is 9.99. The fourth-order valence-electron chi connectivity index (χ4n) is 4.97. The van der Waals surface area contributed by atoms with Crippen LogP contribution < -0.4 is 5.32 Å². The van der Waals surface area contributed by atoms with E-state index in [0.29, 0.717) is 30.6 Å². The number of fused-ring (bicyclic) bond motifs is 1. The predicted molar refractivity (Wildman–Crippen MR) is 153 cm³/mol. The van der Waals surface area contributed by atoms with Gasteiger partial charge in [-0.3, -0.25) is 4.79 Å². The minimum Gasteiger partial charge on any atom is -0.508 e. The lowest BCUT2D eigenvalue weighted by molar-refractivity contribution is 0.0697. The lowest BCUT2D eigenvalue weighted by Gasteiger charge is -2.11. The quantitative estimate of drug-likeness (QED) is 0.223. The van der Waals surface area contributed by atoms with Crippen molar-refractivity contribution in [1.82, 2.24) is 9.88 Å². The van der Waals surface area contributed by atoms with E-state index in [0.717, 1.165) is 38.9 Å². The fraction of sp³-hybridized carbons (Fsp3) is 0.152. The molecule has 0 radical (unpaired) electrons. The highest BCUT2D eigenvalue weighted by molar-refractivity contribution is 5.99. The normalized spacial score (nSPS) is 11.0. The summed E-state index contributed by atoms with van der Waals surface area (Å²) in [4.78, 5) is 24.5. The van der Waals surface area contributed by atoms with Gasteiger partial charge in [-0.15, -0.1) is 0 Å². The molecule has 0 fully saturated rings. The molecule has 3 N–H and O–H groups in total. The second kappa shape index (κ2) is 10.9. The Hall–Kier alpha value is -4.84. The number of aryl methyl sites for hydroxylation is 1. The molecule has 0 spiro atoms. The number of carbonyl (C=O) groups excluding carboxylic acids is 1. The van der Waals surface area contributed by atoms with Crippen molar-refractivity contribution in [2.45, 2.75) is 26.8 Å². The van der Waals surface area contributed by atoms with Crippen molar-refractivity contribution in [1.29, 1.82) is 0 Å². The number of hydrogen-bond acceptors (Lipinski definition) is 3. The van der Waals surface area contributed by atoms with Gasteiger partial charge in [-0.1, -0.05) is 54.6 Å². The minimum atomic E-state index is -0.940. The van der Waals surface area contributed by atoms with E-state index in [4.69, 9.17) is 0 Å². The molecular weight excluding hydrogens is 488 g/mol. The highest BCUT2D eigenvalue weighted by Gasteiger charge is 2.15. The second-order valence-corrected chi connectivity index (χ2v) is 9.75. The molecule has 1 aromatic heterocycles. The van der Waals surface area contributed by atoms with Gasteiger partial charge in [0, 0.05) is 35.2 Å². The van der Waals surface area contributed by atoms with E-state index in [9.17, 15) is 19.8 Å². The average molecular weight is 519 g/mol. The van der Waals surface area contributed by atoms with Crippen LogP contribution in [0.1, 0.15) is 43.1 Å². The van der Waals surface area contributed by atoms with Gasteiger partial charge >= 0.3 is 5.97 Å². The first kappa shape index (κ1) is 25.8. The Morgan fingerprint density at radius 1 is 0.846 bits per heavy atom. The van der Waals surface area contributed by atoms with E-state index < -0.39 is 5.97 Å². The van der Waals surface area contributed by atoms with Crippen molar-refractivity contribution >= 4 is 22.8 Å². The van der Waals surface area contributed by atoms with Crippen molar-refractivity contribution in [3.63, 3.8) is 0 Å². The standard InChI is InChI=1S/C33H30N2O4/c1-21-22(2)35(20-24-7-11-25(12-8-24)28-5-3-4-6-29(28)33(38)39)31-16-13-26(19-30(21)31)32(37)34-18-17-23-9-14-27(36)15-10-23/h3-16,19,36H,17-18,20H2,1-2H3,(H,34,37)(H,38,39). The van der Waals surface area contributed by atoms with Crippen LogP contribution in [0.4, 0.5) is 0 Å². The number of benzene rings is 4. The van der Waals surface area contributed by atoms with Gasteiger partial charge in [-0.05, 0) is 84.5 Å². The summed E-state index contributed by atoms with van der Waals surface area (Å²) >= 11 is 0. The summed E-state index contributed by atoms with van der Waals surface area (Å²) in [6.45, 7) is 5.33. The smallest absolute Gasteiger partial charge is 0.336 e. The van der Waals surface area contributed by atoms with Crippen LogP contribution in [-0.4, -0.2) is 33.2 Å². The number of carboxylic acid groups (broad SMARTS) is 1. The molecule has 6 nitrogen and oxygen atoms in total. The molecule has 39 heavy (non-hydrogen) atoms. The molecule has 0 aliphatic heterocycles. The number of nitrogens with zero attached hydrogens (tertiary/aromatic N) is 1. The van der Waals surface area contributed by atoms with Crippen LogP contribution in [0.3, 0.4) is 0 Å². The number of phenolic OH excluding ortho intramolecular Hbond substituents is 1. The number of carboxylic acids is 1. The highest BCUT2D eigenvalue weighted by atomic mass is 16.4. The average Bonchev–Trinajstić information content (AvgIpc) is 3.18. The van der Waals surface area contributed by atoms with Crippen LogP contribution in [0.25, 0.3) is 22.0 Å². The monoisotopic (exact) mass is 518 g/mol. The number of aromatic nitrogens is 1. The Morgan fingerprint density at radius 2 is 1.54 bits per heavy atom. The SMILES string of the molecule is Cc1c(C)n(Cc2ccc(-c3ccccc3C(=O)O)cc2)c2ccc(C(=O)NCCc3ccc(O)cc3)cc12. The van der Waals surface area contributed by atoms with Gasteiger partial charge in [0.05, 0.1) is 5.56 Å². The Morgan fingerprint density at radius 3 is 2.26 bits per heavy atom. The zero-order valence-electron chi connectivity index (χ0n) is 21.9. The summed E-state index contributed by atoms with van der Waals surface area (Å²) in [5.74, 6) is -0.824. The first-order valence-corrected chi connectivity index (χ1v) is 12.9. The lowest BCUT2D eigenvalue weighted by Crippen LogP contribution is -2.25. The molecule has 1 amide bonds. The van der Waals surface area contributed by atoms with Crippen LogP contribution >= 0.6 is 0 Å². The third-order valence-electron chi connectivity index (χ3n) is 7.30. The molecule has 5 aromatic rings. The Balaban J connectivity index is 1.32. The van der Waals surface area contributed by atoms with Crippen LogP contribution in [0.2, 0.25) is 0 Å². The molecule has 0 saturated carbocycles. The summed E-state index contributed by atoms with van der Waals surface area (Å²) in [7, 11) is 0. The number of rotatable bonds is 8. The van der Waals surface area contributed by atoms with Crippen molar-refractivity contribution in [3.8, 4) is 16.9 Å². The Kier molecular flexibility index (Phi) is 7.19. The van der Waals surface area contributed by atoms with Gasteiger partial charge in [-0.2, -0.15) is 0 Å². The van der Waals surface area contributed by atoms with Gasteiger partial charge in [-0.25, -0.2) is 4.79 Å². The summed E-state index contributed by atoms with van der Waals surface area (Å²) < 4.78 is 2.25. The van der Waals surface area contributed by atoms with Crippen molar-refractivity contribution in [2.24, 2.45) is 0 Å². The molecule has 6 heteroatoms. The molecule has 1 heterocycles. The molecule has 4 aromatic carbocycles. The number of hydrogen-bond donors (Lipinski definition) is 3. The maximum atomic E-state index is 12.8. The Bertz CT molecular complexity index is 1670. The third-order valence-corrected chi connectivity index (χ3v) is 7.30. The van der Waals surface area contributed by atoms with Crippen LogP contribution in [-0.2, 0) is 13.0 Å². The number of phenols is 1. The second-order valence-electron chi connectivity index (χ2n) is 9.75. The third kappa shape index (κ3) is 5.41. The van der Waals surface area contributed by atoms with Gasteiger partial charge < -0.3 is 20.1 Å². The van der Waals surface area contributed by atoms with Gasteiger partial charge in [0.1, 0.15) is 5.75 Å². The molecule has 0 atom stereocenters. The number of nitrogens with one attached hydrogen (secondary N) is 1. The zero-order chi connectivity index (χ0) is 27.5. The van der Waals surface area contributed by atoms with E-state index >= 15 is 0 Å². The van der Waals surface area contributed by atoms with Crippen molar-refractivity contribution < 1.29 is 19.8 Å². The molecule has 5 rings (SSSR count). The highest BCUT2D eigenvalue weighted by Crippen LogP contribution is 2.29. The summed E-state index contributed by atoms with van der Waals surface area (Å²) in [6.07, 6.45) is 0.684. The fourth-order valence-corrected chi connectivity index (χ4v) is 4.97.